The Labute approximate surface area is 143 Å². The second-order valence-electron chi connectivity index (χ2n) is 5.85. The number of likely N-dealkylation sites (N-methyl/N-ethyl adjacent to an activating group) is 1. The van der Waals surface area contributed by atoms with Crippen molar-refractivity contribution in [3.05, 3.63) is 29.3 Å². The van der Waals surface area contributed by atoms with E-state index in [0.717, 1.165) is 50.9 Å². The Morgan fingerprint density at radius 1 is 1.33 bits per heavy atom. The maximum Gasteiger partial charge on any atom is 0.195 e. The highest BCUT2D eigenvalue weighted by Crippen LogP contribution is 2.19. The molecule has 2 heterocycles. The van der Waals surface area contributed by atoms with Gasteiger partial charge in [0.1, 0.15) is 23.7 Å². The molecule has 0 aliphatic carbocycles. The number of anilines is 1. The molecule has 1 aliphatic rings. The number of nitriles is 2. The molecule has 7 nitrogen and oxygen atoms in total. The number of nitrogens with one attached hydrogen (secondary N) is 1. The van der Waals surface area contributed by atoms with Gasteiger partial charge in [-0.3, -0.25) is 4.90 Å². The van der Waals surface area contributed by atoms with Crippen molar-refractivity contribution in [2.75, 3.05) is 51.7 Å². The number of hydrogen-bond acceptors (Lipinski definition) is 7. The van der Waals surface area contributed by atoms with Gasteiger partial charge in [-0.1, -0.05) is 6.92 Å². The fourth-order valence-corrected chi connectivity index (χ4v) is 2.55. The van der Waals surface area contributed by atoms with E-state index in [2.05, 4.69) is 24.2 Å². The molecular formula is C17H24N6O. The van der Waals surface area contributed by atoms with Gasteiger partial charge >= 0.3 is 0 Å². The summed E-state index contributed by atoms with van der Waals surface area (Å²) in [5, 5.41) is 21.2. The van der Waals surface area contributed by atoms with Crippen molar-refractivity contribution < 1.29 is 4.42 Å². The van der Waals surface area contributed by atoms with Crippen LogP contribution in [-0.2, 0) is 6.54 Å². The molecule has 128 valence electrons. The minimum atomic E-state index is 0.137. The molecule has 0 atom stereocenters. The zero-order valence-corrected chi connectivity index (χ0v) is 14.5. The summed E-state index contributed by atoms with van der Waals surface area (Å²) in [6.45, 7) is 6.88. The van der Waals surface area contributed by atoms with Gasteiger partial charge in [-0.05, 0) is 19.7 Å². The van der Waals surface area contributed by atoms with Gasteiger partial charge in [0.2, 0.25) is 0 Å². The van der Waals surface area contributed by atoms with E-state index in [9.17, 15) is 0 Å². The van der Waals surface area contributed by atoms with Crippen molar-refractivity contribution in [3.63, 3.8) is 0 Å². The zero-order valence-electron chi connectivity index (χ0n) is 14.5. The molecule has 0 aromatic carbocycles. The molecule has 1 saturated heterocycles. The van der Waals surface area contributed by atoms with Crippen LogP contribution in [0.2, 0.25) is 0 Å². The number of nitrogens with zero attached hydrogens (tertiary/aromatic N) is 5. The quantitative estimate of drug-likeness (QED) is 0.756. The van der Waals surface area contributed by atoms with Crippen LogP contribution in [0.25, 0.3) is 0 Å². The van der Waals surface area contributed by atoms with E-state index in [1.54, 1.807) is 0 Å². The molecule has 2 rings (SSSR count). The zero-order chi connectivity index (χ0) is 17.5. The Morgan fingerprint density at radius 2 is 2.08 bits per heavy atom. The highest BCUT2D eigenvalue weighted by atomic mass is 16.4. The van der Waals surface area contributed by atoms with E-state index in [0.29, 0.717) is 5.82 Å². The molecule has 0 saturated carbocycles. The summed E-state index contributed by atoms with van der Waals surface area (Å²) in [7, 11) is 4.04. The highest BCUT2D eigenvalue weighted by Gasteiger charge is 2.21. The first-order valence-corrected chi connectivity index (χ1v) is 8.10. The maximum atomic E-state index is 9.03. The van der Waals surface area contributed by atoms with E-state index in [1.165, 1.54) is 0 Å². The molecule has 0 amide bonds. The second-order valence-corrected chi connectivity index (χ2v) is 5.85. The summed E-state index contributed by atoms with van der Waals surface area (Å²) in [4.78, 5) is 6.26. The van der Waals surface area contributed by atoms with Gasteiger partial charge in [0.15, 0.2) is 11.5 Å². The molecule has 0 bridgehead atoms. The predicted molar refractivity (Wildman–Crippen MR) is 91.8 cm³/mol. The summed E-state index contributed by atoms with van der Waals surface area (Å²) in [6.07, 6.45) is 0. The first kappa shape index (κ1) is 17.7. The largest absolute Gasteiger partial charge is 0.444 e. The Morgan fingerprint density at radius 3 is 2.75 bits per heavy atom. The normalized spacial score (nSPS) is 13.6. The summed E-state index contributed by atoms with van der Waals surface area (Å²) in [5.41, 5.74) is 0.137. The molecule has 1 aromatic rings. The standard InChI is InChI=1S/C17H24N6O/c1-4-21(2)13-15-5-6-16(24-15)22(3)9-10-23-8-7-20-17(23)14(11-18)12-19/h5-6,20H,4,7-10,13H2,1-3H3. The maximum absolute atomic E-state index is 9.03. The number of hydrogen-bond donors (Lipinski definition) is 1. The predicted octanol–water partition coefficient (Wildman–Crippen LogP) is 1.33. The fraction of sp³-hybridized carbons (Fsp3) is 0.529. The van der Waals surface area contributed by atoms with Crippen LogP contribution in [0.1, 0.15) is 12.7 Å². The molecule has 0 radical (unpaired) electrons. The second kappa shape index (κ2) is 8.28. The first-order valence-electron chi connectivity index (χ1n) is 8.10. The average molecular weight is 328 g/mol. The molecule has 1 fully saturated rings. The molecule has 1 aromatic heterocycles. The summed E-state index contributed by atoms with van der Waals surface area (Å²) >= 11 is 0. The van der Waals surface area contributed by atoms with Crippen molar-refractivity contribution in [3.8, 4) is 12.1 Å². The number of allylic oxidation sites excluding steroid dienone is 1. The monoisotopic (exact) mass is 328 g/mol. The van der Waals surface area contributed by atoms with Gasteiger partial charge in [-0.15, -0.1) is 0 Å². The van der Waals surface area contributed by atoms with Gasteiger partial charge in [0, 0.05) is 39.3 Å². The van der Waals surface area contributed by atoms with Gasteiger partial charge in [0.25, 0.3) is 0 Å². The van der Waals surface area contributed by atoms with E-state index >= 15 is 0 Å². The molecule has 1 aliphatic heterocycles. The van der Waals surface area contributed by atoms with E-state index in [1.807, 2.05) is 41.1 Å². The van der Waals surface area contributed by atoms with Gasteiger partial charge in [-0.25, -0.2) is 0 Å². The van der Waals surface area contributed by atoms with Gasteiger partial charge in [0.05, 0.1) is 6.54 Å². The third kappa shape index (κ3) is 4.21. The molecular weight excluding hydrogens is 304 g/mol. The topological polar surface area (TPSA) is 82.5 Å². The van der Waals surface area contributed by atoms with Gasteiger partial charge in [-0.2, -0.15) is 10.5 Å². The lowest BCUT2D eigenvalue weighted by Gasteiger charge is -2.23. The van der Waals surface area contributed by atoms with Crippen molar-refractivity contribution in [2.24, 2.45) is 0 Å². The fourth-order valence-electron chi connectivity index (χ4n) is 2.55. The third-order valence-corrected chi connectivity index (χ3v) is 4.15. The minimum Gasteiger partial charge on any atom is -0.444 e. The molecule has 0 unspecified atom stereocenters. The SMILES string of the molecule is CCN(C)Cc1ccc(N(C)CCN2CCNC2=C(C#N)C#N)o1. The van der Waals surface area contributed by atoms with Crippen LogP contribution in [0.15, 0.2) is 27.9 Å². The van der Waals surface area contributed by atoms with Crippen LogP contribution in [-0.4, -0.2) is 56.6 Å². The van der Waals surface area contributed by atoms with Crippen molar-refractivity contribution in [1.29, 1.82) is 10.5 Å². The summed E-state index contributed by atoms with van der Waals surface area (Å²) in [6, 6.07) is 7.88. The van der Waals surface area contributed by atoms with Crippen LogP contribution in [0.5, 0.6) is 0 Å². The Balaban J connectivity index is 1.94. The van der Waals surface area contributed by atoms with Crippen LogP contribution in [0.3, 0.4) is 0 Å². The van der Waals surface area contributed by atoms with Gasteiger partial charge < -0.3 is 19.5 Å². The van der Waals surface area contributed by atoms with Crippen molar-refractivity contribution in [2.45, 2.75) is 13.5 Å². The minimum absolute atomic E-state index is 0.137. The summed E-state index contributed by atoms with van der Waals surface area (Å²) < 4.78 is 5.88. The van der Waals surface area contributed by atoms with E-state index in [-0.39, 0.29) is 5.57 Å². The number of furan rings is 1. The first-order chi connectivity index (χ1) is 11.6. The average Bonchev–Trinajstić information content (AvgIpc) is 3.23. The molecule has 0 spiro atoms. The van der Waals surface area contributed by atoms with E-state index < -0.39 is 0 Å². The Bertz CT molecular complexity index is 649. The van der Waals surface area contributed by atoms with Crippen LogP contribution >= 0.6 is 0 Å². The highest BCUT2D eigenvalue weighted by molar-refractivity contribution is 5.40. The van der Waals surface area contributed by atoms with Crippen LogP contribution in [0, 0.1) is 22.7 Å². The smallest absolute Gasteiger partial charge is 0.195 e. The lowest BCUT2D eigenvalue weighted by Crippen LogP contribution is -2.32. The third-order valence-electron chi connectivity index (χ3n) is 4.15. The number of rotatable bonds is 7. The lowest BCUT2D eigenvalue weighted by atomic mass is 10.3. The van der Waals surface area contributed by atoms with Crippen molar-refractivity contribution in [1.82, 2.24) is 15.1 Å². The van der Waals surface area contributed by atoms with Crippen molar-refractivity contribution >= 4 is 5.88 Å². The lowest BCUT2D eigenvalue weighted by molar-refractivity contribution is 0.309. The van der Waals surface area contributed by atoms with Crippen LogP contribution < -0.4 is 10.2 Å². The molecule has 7 heteroatoms. The Kier molecular flexibility index (Phi) is 6.11. The van der Waals surface area contributed by atoms with Crippen LogP contribution in [0.4, 0.5) is 5.88 Å². The summed E-state index contributed by atoms with van der Waals surface area (Å²) in [5.74, 6) is 2.41. The Hall–Kier alpha value is -2.64. The van der Waals surface area contributed by atoms with E-state index in [4.69, 9.17) is 14.9 Å². The molecule has 1 N–H and O–H groups in total. The molecule has 24 heavy (non-hydrogen) atoms.